The number of amides is 3. The second kappa shape index (κ2) is 10.0. The van der Waals surface area contributed by atoms with Crippen LogP contribution in [0.4, 0.5) is 25.4 Å². The lowest BCUT2D eigenvalue weighted by molar-refractivity contribution is -0.117. The molecular weight excluding hydrogens is 535 g/mol. The van der Waals surface area contributed by atoms with Crippen molar-refractivity contribution in [3.8, 4) is 5.75 Å². The van der Waals surface area contributed by atoms with E-state index in [0.29, 0.717) is 22.7 Å². The summed E-state index contributed by atoms with van der Waals surface area (Å²) in [5.74, 6) is -1.62. The second-order valence-corrected chi connectivity index (χ2v) is 13.4. The molecule has 1 aliphatic carbocycles. The Hall–Kier alpha value is -3.29. The van der Waals surface area contributed by atoms with Crippen LogP contribution in [0.5, 0.6) is 5.75 Å². The number of rotatable bonds is 6. The molecule has 0 bridgehead atoms. The third kappa shape index (κ3) is 5.70. The first-order chi connectivity index (χ1) is 18.0. The lowest BCUT2D eigenvalue weighted by atomic mass is 9.69. The van der Waals surface area contributed by atoms with Gasteiger partial charge in [-0.05, 0) is 51.4 Å². The topological polar surface area (TPSA) is 157 Å². The van der Waals surface area contributed by atoms with E-state index < -0.39 is 63.7 Å². The molecule has 1 aromatic carbocycles. The Bertz CT molecular complexity index is 1290. The Morgan fingerprint density at radius 1 is 1.26 bits per heavy atom. The van der Waals surface area contributed by atoms with Crippen molar-refractivity contribution in [3.63, 3.8) is 0 Å². The van der Waals surface area contributed by atoms with Crippen molar-refractivity contribution in [2.75, 3.05) is 28.8 Å². The van der Waals surface area contributed by atoms with E-state index in [9.17, 15) is 33.0 Å². The monoisotopic (exact) mass is 570 g/mol. The van der Waals surface area contributed by atoms with Gasteiger partial charge in [-0.2, -0.15) is 8.42 Å². The number of carboxylic acid groups (broad SMARTS) is 1. The van der Waals surface area contributed by atoms with Gasteiger partial charge in [0.25, 0.3) is 5.91 Å². The molecule has 3 N–H and O–H groups in total. The molecule has 1 saturated carbocycles. The molecule has 3 amide bonds. The van der Waals surface area contributed by atoms with Crippen LogP contribution in [0.15, 0.2) is 6.07 Å². The molecule has 2 heterocycles. The van der Waals surface area contributed by atoms with Crippen molar-refractivity contribution in [3.05, 3.63) is 17.4 Å². The van der Waals surface area contributed by atoms with Gasteiger partial charge in [0, 0.05) is 31.1 Å². The van der Waals surface area contributed by atoms with Gasteiger partial charge in [0.05, 0.1) is 11.7 Å². The number of phenolic OH excluding ortho intramolecular Hbond substituents is 1. The molecule has 1 atom stereocenters. The van der Waals surface area contributed by atoms with Crippen LogP contribution in [-0.2, 0) is 26.2 Å². The van der Waals surface area contributed by atoms with Crippen LogP contribution in [0, 0.1) is 23.6 Å². The van der Waals surface area contributed by atoms with Crippen LogP contribution in [-0.4, -0.2) is 72.9 Å². The summed E-state index contributed by atoms with van der Waals surface area (Å²) in [6, 6.07) is 0.0436. The SMILES string of the molecule is CC(C)C1CC(CN(C[C@H]2Cc3c(cc(O)c(N4CC(=O)NS4(=O)=O)c3F)N2C(=O)O)C(=O)OC(C)(C)C)C1. The highest BCUT2D eigenvalue weighted by atomic mass is 32.2. The Morgan fingerprint density at radius 2 is 1.90 bits per heavy atom. The predicted octanol–water partition coefficient (Wildman–Crippen LogP) is 3.04. The van der Waals surface area contributed by atoms with Gasteiger partial charge in [-0.1, -0.05) is 13.8 Å². The van der Waals surface area contributed by atoms with Crippen LogP contribution < -0.4 is 13.9 Å². The number of ether oxygens (including phenoxy) is 1. The van der Waals surface area contributed by atoms with Gasteiger partial charge in [-0.3, -0.25) is 9.69 Å². The highest BCUT2D eigenvalue weighted by molar-refractivity contribution is 7.92. The number of hydrogen-bond donors (Lipinski definition) is 3. The molecule has 0 spiro atoms. The first-order valence-corrected chi connectivity index (χ1v) is 14.3. The molecule has 1 saturated heterocycles. The number of anilines is 2. The maximum Gasteiger partial charge on any atom is 0.412 e. The minimum absolute atomic E-state index is 0.101. The van der Waals surface area contributed by atoms with Crippen molar-refractivity contribution in [1.29, 1.82) is 0 Å². The highest BCUT2D eigenvalue weighted by Gasteiger charge is 2.44. The fraction of sp³-hybridized carbons (Fsp3) is 0.640. The number of nitrogens with zero attached hydrogens (tertiary/aromatic N) is 3. The summed E-state index contributed by atoms with van der Waals surface area (Å²) >= 11 is 0. The number of aromatic hydroxyl groups is 1. The van der Waals surface area contributed by atoms with Crippen molar-refractivity contribution in [2.24, 2.45) is 17.8 Å². The summed E-state index contributed by atoms with van der Waals surface area (Å²) in [5.41, 5.74) is -1.83. The summed E-state index contributed by atoms with van der Waals surface area (Å²) in [4.78, 5) is 39.5. The number of benzene rings is 1. The van der Waals surface area contributed by atoms with E-state index in [-0.39, 0.29) is 30.1 Å². The number of carbonyl (C=O) groups is 3. The third-order valence-corrected chi connectivity index (χ3v) is 8.79. The number of halogens is 1. The summed E-state index contributed by atoms with van der Waals surface area (Å²) in [7, 11) is -4.43. The first-order valence-electron chi connectivity index (χ1n) is 12.9. The number of hydrogen-bond acceptors (Lipinski definition) is 7. The van der Waals surface area contributed by atoms with Crippen LogP contribution in [0.25, 0.3) is 0 Å². The summed E-state index contributed by atoms with van der Waals surface area (Å²) in [5, 5.41) is 20.6. The first kappa shape index (κ1) is 28.7. The standard InChI is InChI=1S/C25H35FN4O8S/c1-13(2)15-6-14(7-15)10-28(24(35)38-25(3,4)5)11-16-8-17-18(30(16)23(33)34)9-19(31)22(21(17)26)29-12-20(32)27-39(29,36)37/h9,13-16,31H,6-8,10-12H2,1-5H3,(H,27,32)(H,33,34)/t14?,15?,16-/m1/s1. The molecule has 1 aromatic rings. The van der Waals surface area contributed by atoms with E-state index in [4.69, 9.17) is 4.74 Å². The molecule has 0 unspecified atom stereocenters. The lowest BCUT2D eigenvalue weighted by Gasteiger charge is -2.41. The summed E-state index contributed by atoms with van der Waals surface area (Å²) < 4.78 is 48.1. The van der Waals surface area contributed by atoms with Crippen LogP contribution in [0.1, 0.15) is 53.0 Å². The normalized spacial score (nSPS) is 23.9. The lowest BCUT2D eigenvalue weighted by Crippen LogP contribution is -2.50. The minimum atomic E-state index is -4.43. The number of phenols is 1. The Balaban J connectivity index is 1.64. The zero-order valence-electron chi connectivity index (χ0n) is 22.6. The van der Waals surface area contributed by atoms with Crippen molar-refractivity contribution >= 4 is 39.7 Å². The zero-order valence-corrected chi connectivity index (χ0v) is 23.4. The molecule has 4 rings (SSSR count). The van der Waals surface area contributed by atoms with Crippen LogP contribution >= 0.6 is 0 Å². The van der Waals surface area contributed by atoms with E-state index >= 15 is 4.39 Å². The zero-order chi connectivity index (χ0) is 29.0. The highest BCUT2D eigenvalue weighted by Crippen LogP contribution is 2.45. The molecule has 12 nitrogen and oxygen atoms in total. The van der Waals surface area contributed by atoms with Crippen molar-refractivity contribution in [2.45, 2.75) is 65.5 Å². The molecule has 2 aliphatic heterocycles. The molecule has 0 aromatic heterocycles. The van der Waals surface area contributed by atoms with Gasteiger partial charge in [0.15, 0.2) is 5.82 Å². The predicted molar refractivity (Wildman–Crippen MR) is 139 cm³/mol. The molecule has 14 heteroatoms. The molecule has 39 heavy (non-hydrogen) atoms. The van der Waals surface area contributed by atoms with Gasteiger partial charge < -0.3 is 19.8 Å². The number of carbonyl (C=O) groups excluding carboxylic acids is 2. The van der Waals surface area contributed by atoms with Gasteiger partial charge in [0.2, 0.25) is 0 Å². The van der Waals surface area contributed by atoms with Crippen molar-refractivity contribution in [1.82, 2.24) is 9.62 Å². The van der Waals surface area contributed by atoms with E-state index in [0.717, 1.165) is 23.8 Å². The van der Waals surface area contributed by atoms with E-state index in [1.165, 1.54) is 4.90 Å². The average molecular weight is 571 g/mol. The van der Waals surface area contributed by atoms with E-state index in [2.05, 4.69) is 13.8 Å². The Labute approximate surface area is 226 Å². The van der Waals surface area contributed by atoms with Gasteiger partial charge in [0.1, 0.15) is 23.6 Å². The summed E-state index contributed by atoms with van der Waals surface area (Å²) in [6.07, 6.45) is -0.382. The molecule has 2 fully saturated rings. The molecule has 216 valence electrons. The average Bonchev–Trinajstić information content (AvgIpc) is 3.23. The quantitative estimate of drug-likeness (QED) is 0.471. The van der Waals surface area contributed by atoms with Crippen LogP contribution in [0.3, 0.4) is 0 Å². The molecular formula is C25H35FN4O8S. The minimum Gasteiger partial charge on any atom is -0.506 e. The van der Waals surface area contributed by atoms with Gasteiger partial charge >= 0.3 is 22.4 Å². The molecule has 3 aliphatic rings. The van der Waals surface area contributed by atoms with Crippen molar-refractivity contribution < 1.29 is 42.1 Å². The van der Waals surface area contributed by atoms with E-state index in [1.54, 1.807) is 25.5 Å². The third-order valence-electron chi connectivity index (χ3n) is 7.41. The Morgan fingerprint density at radius 3 is 2.41 bits per heavy atom. The van der Waals surface area contributed by atoms with E-state index in [1.807, 2.05) is 0 Å². The maximum atomic E-state index is 15.7. The molecule has 0 radical (unpaired) electrons. The maximum absolute atomic E-state index is 15.7. The second-order valence-electron chi connectivity index (χ2n) is 11.8. The smallest absolute Gasteiger partial charge is 0.412 e. The number of nitrogens with one attached hydrogen (secondary N) is 1. The van der Waals surface area contributed by atoms with Gasteiger partial charge in [-0.25, -0.2) is 23.0 Å². The van der Waals surface area contributed by atoms with Crippen LogP contribution in [0.2, 0.25) is 0 Å². The fourth-order valence-corrected chi connectivity index (χ4v) is 6.63. The fourth-order valence-electron chi connectivity index (χ4n) is 5.47. The number of fused-ring (bicyclic) bond motifs is 1. The Kier molecular flexibility index (Phi) is 7.38. The largest absolute Gasteiger partial charge is 0.506 e. The van der Waals surface area contributed by atoms with Gasteiger partial charge in [-0.15, -0.1) is 0 Å². The summed E-state index contributed by atoms with van der Waals surface area (Å²) in [6.45, 7) is 8.97.